The first-order chi connectivity index (χ1) is 40.8. The molecule has 6 N–H and O–H groups in total. The summed E-state index contributed by atoms with van der Waals surface area (Å²) in [6.45, 7) is 5.08. The molecule has 84 heavy (non-hydrogen) atoms. The number of ketones is 2. The maximum Gasteiger partial charge on any atom is 0.315 e. The number of nitriles is 1. The third-order valence-corrected chi connectivity index (χ3v) is 18.8. The maximum atomic E-state index is 12.9. The van der Waals surface area contributed by atoms with Crippen LogP contribution in [0.1, 0.15) is 151 Å². The van der Waals surface area contributed by atoms with Crippen molar-refractivity contribution in [3.05, 3.63) is 128 Å². The molecule has 4 fully saturated rings. The van der Waals surface area contributed by atoms with E-state index in [1.54, 1.807) is 24.3 Å². The first kappa shape index (κ1) is 65.3. The number of unbranched alkanes of at least 4 members (excludes halogenated alkanes) is 2. The minimum absolute atomic E-state index is 0.0104. The number of benzene rings is 2. The number of hydrogen-bond acceptors (Lipinski definition) is 13. The van der Waals surface area contributed by atoms with E-state index in [1.807, 2.05) is 103 Å². The summed E-state index contributed by atoms with van der Waals surface area (Å²) in [6, 6.07) is 28.7. The van der Waals surface area contributed by atoms with E-state index in [4.69, 9.17) is 9.47 Å². The predicted molar refractivity (Wildman–Crippen MR) is 338 cm³/mol. The SMILES string of the molecule is CCCC(NC(=O)/C(C#N)=C/c1cccc(Br)n1)c1ccc(OCCCC(=O)CCCC[C@@H]2SC[C@@H]3NC(=O)N[C@@H]32)cc1.CCCC(NC(=O)/C=C/c1cccc(Br)n1)c1ccc(OCCCC(=O)CCCC[C@@H]2SC[C@@H]3NC(=O)N[C@@H]32)cc1. The minimum Gasteiger partial charge on any atom is -0.494 e. The average Bonchev–Trinajstić information content (AvgIpc) is 3.45. The fourth-order valence-corrected chi connectivity index (χ4v) is 14.3. The predicted octanol–water partition coefficient (Wildman–Crippen LogP) is 11.8. The van der Waals surface area contributed by atoms with E-state index in [0.717, 1.165) is 97.2 Å². The first-order valence-electron chi connectivity index (χ1n) is 29.3. The highest BCUT2D eigenvalue weighted by atomic mass is 79.9. The molecule has 17 nitrogen and oxygen atoms in total. The van der Waals surface area contributed by atoms with Gasteiger partial charge in [0.1, 0.15) is 43.9 Å². The van der Waals surface area contributed by atoms with Gasteiger partial charge in [0.15, 0.2) is 0 Å². The monoisotopic (exact) mass is 1310 g/mol. The van der Waals surface area contributed by atoms with Crippen molar-refractivity contribution in [1.29, 1.82) is 5.26 Å². The van der Waals surface area contributed by atoms with Gasteiger partial charge in [-0.15, -0.1) is 0 Å². The molecule has 0 spiro atoms. The van der Waals surface area contributed by atoms with Crippen LogP contribution in [0.25, 0.3) is 12.2 Å². The molecular weight excluding hydrogens is 1230 g/mol. The fourth-order valence-electron chi connectivity index (χ4n) is 10.5. The molecule has 21 heteroatoms. The van der Waals surface area contributed by atoms with Crippen LogP contribution in [0.15, 0.2) is 106 Å². The topological polar surface area (TPSA) is 243 Å². The van der Waals surface area contributed by atoms with Gasteiger partial charge in [-0.25, -0.2) is 19.6 Å². The molecular formula is C63H77Br2N9O8S2. The van der Waals surface area contributed by atoms with Gasteiger partial charge in [0.05, 0.1) is 60.9 Å². The van der Waals surface area contributed by atoms with E-state index in [9.17, 15) is 34.0 Å². The lowest BCUT2D eigenvalue weighted by Gasteiger charge is -2.19. The number of Topliss-reactive ketones (excluding diaryl/α,β-unsaturated/α-hetero) is 2. The number of fused-ring (bicyclic) bond motifs is 2. The number of pyridine rings is 2. The number of rotatable bonds is 32. The molecule has 2 unspecified atom stereocenters. The lowest BCUT2D eigenvalue weighted by Crippen LogP contribution is -2.36. The number of ether oxygens (including phenoxy) is 2. The summed E-state index contributed by atoms with van der Waals surface area (Å²) in [5.74, 6) is 3.30. The van der Waals surface area contributed by atoms with E-state index in [2.05, 4.69) is 80.7 Å². The lowest BCUT2D eigenvalue weighted by molar-refractivity contribution is -0.120. The number of hydrogen-bond donors (Lipinski definition) is 6. The number of nitrogens with zero attached hydrogens (tertiary/aromatic N) is 3. The molecule has 0 radical (unpaired) electrons. The van der Waals surface area contributed by atoms with Crippen LogP contribution in [0.3, 0.4) is 0 Å². The van der Waals surface area contributed by atoms with Crippen LogP contribution < -0.4 is 41.4 Å². The first-order valence-corrected chi connectivity index (χ1v) is 33.0. The van der Waals surface area contributed by atoms with Gasteiger partial charge in [-0.1, -0.05) is 75.9 Å². The number of amides is 6. The molecule has 6 heterocycles. The number of aromatic nitrogens is 2. The second-order valence-corrected chi connectivity index (χ2v) is 25.5. The van der Waals surface area contributed by atoms with Crippen molar-refractivity contribution in [2.24, 2.45) is 0 Å². The van der Waals surface area contributed by atoms with Gasteiger partial charge >= 0.3 is 12.1 Å². The van der Waals surface area contributed by atoms with Crippen molar-refractivity contribution < 1.29 is 38.2 Å². The van der Waals surface area contributed by atoms with Crippen LogP contribution in [-0.2, 0) is 19.2 Å². The number of urea groups is 2. The molecule has 2 aromatic heterocycles. The molecule has 0 saturated carbocycles. The Morgan fingerprint density at radius 3 is 1.58 bits per heavy atom. The minimum atomic E-state index is -0.446. The fraction of sp³-hybridized carbons (Fsp3) is 0.476. The third-order valence-electron chi connectivity index (χ3n) is 14.9. The normalized spacial score (nSPS) is 20.2. The zero-order chi connectivity index (χ0) is 59.6. The second-order valence-electron chi connectivity index (χ2n) is 21.3. The highest BCUT2D eigenvalue weighted by Gasteiger charge is 2.43. The van der Waals surface area contributed by atoms with Crippen molar-refractivity contribution in [3.63, 3.8) is 0 Å². The molecule has 0 aliphatic carbocycles. The Labute approximate surface area is 518 Å². The van der Waals surface area contributed by atoms with E-state index in [0.29, 0.717) is 84.0 Å². The highest BCUT2D eigenvalue weighted by molar-refractivity contribution is 9.10. The van der Waals surface area contributed by atoms with Crippen molar-refractivity contribution in [2.75, 3.05) is 24.7 Å². The summed E-state index contributed by atoms with van der Waals surface area (Å²) in [4.78, 5) is 81.7. The molecule has 4 aliphatic heterocycles. The number of halogens is 2. The van der Waals surface area contributed by atoms with Gasteiger partial charge in [-0.2, -0.15) is 28.8 Å². The van der Waals surface area contributed by atoms with Crippen molar-refractivity contribution in [2.45, 2.75) is 163 Å². The molecule has 0 bridgehead atoms. The van der Waals surface area contributed by atoms with Gasteiger partial charge in [0, 0.05) is 53.8 Å². The van der Waals surface area contributed by atoms with Gasteiger partial charge in [-0.3, -0.25) is 19.2 Å². The number of carbonyl (C=O) groups excluding carboxylic acids is 6. The molecule has 448 valence electrons. The van der Waals surface area contributed by atoms with Crippen LogP contribution in [0.4, 0.5) is 9.59 Å². The number of thioether (sulfide) groups is 2. The number of nitrogens with one attached hydrogen (secondary N) is 6. The quantitative estimate of drug-likeness (QED) is 0.00877. The van der Waals surface area contributed by atoms with E-state index in [-0.39, 0.29) is 71.4 Å². The number of carbonyl (C=O) groups is 6. The Balaban J connectivity index is 0.000000241. The zero-order valence-corrected chi connectivity index (χ0v) is 52.6. The standard InChI is InChI=1S/C32H38BrN5O4S.C31H39BrN4O4S/c1-2-7-26(36-31(40)22(19-34)18-23-8-5-12-29(33)35-23)21-13-15-25(16-14-21)42-17-6-10-24(39)9-3-4-11-28-30-27(20-43-28)37-32(41)38-30;1-2-7-25(34-29(38)18-15-22-8-5-12-28(32)33-22)21-13-16-24(17-14-21)40-19-6-10-23(37)9-3-4-11-27-30-26(20-41-27)35-31(39)36-30/h5,8,12-16,18,26-28,30H,2-4,6-7,9-11,17,20H2,1H3,(H,36,40)(H2,37,38,41);5,8,12-18,25-27,30H,2-4,6-7,9-11,19-20H2,1H3,(H,34,38)(H2,35,36,39)/b22-18+;18-15+/t26?,27-,28-,30-;25?,26-,27-,30-/m00/s1. The lowest BCUT2D eigenvalue weighted by atomic mass is 10.0. The Morgan fingerprint density at radius 2 is 1.11 bits per heavy atom. The van der Waals surface area contributed by atoms with Crippen molar-refractivity contribution in [3.8, 4) is 17.6 Å². The van der Waals surface area contributed by atoms with Crippen LogP contribution in [-0.4, -0.2) is 105 Å². The van der Waals surface area contributed by atoms with Gasteiger partial charge in [-0.05, 0) is 155 Å². The Bertz CT molecular complexity index is 2950. The van der Waals surface area contributed by atoms with Gasteiger partial charge in [0.2, 0.25) is 5.91 Å². The second kappa shape index (κ2) is 34.7. The smallest absolute Gasteiger partial charge is 0.315 e. The van der Waals surface area contributed by atoms with Crippen molar-refractivity contribution in [1.82, 2.24) is 41.9 Å². The molecule has 8 rings (SSSR count). The molecule has 4 aliphatic rings. The highest BCUT2D eigenvalue weighted by Crippen LogP contribution is 2.35. The van der Waals surface area contributed by atoms with Crippen LogP contribution in [0.2, 0.25) is 0 Å². The van der Waals surface area contributed by atoms with Gasteiger partial charge in [0.25, 0.3) is 5.91 Å². The molecule has 6 amide bonds. The largest absolute Gasteiger partial charge is 0.494 e. The molecule has 4 saturated heterocycles. The Morgan fingerprint density at radius 1 is 0.643 bits per heavy atom. The summed E-state index contributed by atoms with van der Waals surface area (Å²) in [7, 11) is 0. The van der Waals surface area contributed by atoms with E-state index >= 15 is 0 Å². The van der Waals surface area contributed by atoms with Crippen LogP contribution >= 0.6 is 55.4 Å². The van der Waals surface area contributed by atoms with E-state index in [1.165, 1.54) is 12.2 Å². The molecule has 4 aromatic rings. The summed E-state index contributed by atoms with van der Waals surface area (Å²) < 4.78 is 13.1. The van der Waals surface area contributed by atoms with E-state index < -0.39 is 5.91 Å². The Kier molecular flexibility index (Phi) is 27.0. The van der Waals surface area contributed by atoms with Crippen LogP contribution in [0, 0.1) is 11.3 Å². The summed E-state index contributed by atoms with van der Waals surface area (Å²) in [5, 5.41) is 28.5. The van der Waals surface area contributed by atoms with Crippen LogP contribution in [0.5, 0.6) is 11.5 Å². The van der Waals surface area contributed by atoms with Gasteiger partial charge < -0.3 is 41.4 Å². The molecule has 8 atom stereocenters. The summed E-state index contributed by atoms with van der Waals surface area (Å²) >= 11 is 10.5. The average molecular weight is 1310 g/mol. The maximum absolute atomic E-state index is 12.9. The van der Waals surface area contributed by atoms with Crippen molar-refractivity contribution >= 4 is 103 Å². The summed E-state index contributed by atoms with van der Waals surface area (Å²) in [5.41, 5.74) is 3.17. The summed E-state index contributed by atoms with van der Waals surface area (Å²) in [6.07, 6.45) is 17.4. The third kappa shape index (κ3) is 21.4. The molecule has 2 aromatic carbocycles. The zero-order valence-electron chi connectivity index (χ0n) is 47.8. The Hall–Kier alpha value is -6.21.